The second-order valence-electron chi connectivity index (χ2n) is 7.45. The Labute approximate surface area is 216 Å². The largest absolute Gasteiger partial charge is 0.445 e. The number of ether oxygens (including phenoxy) is 3. The molecule has 0 unspecified atom stereocenters. The first kappa shape index (κ1) is 29.1. The first-order chi connectivity index (χ1) is 17.2. The smallest absolute Gasteiger partial charge is 0.412 e. The van der Waals surface area contributed by atoms with E-state index in [4.69, 9.17) is 37.1 Å². The van der Waals surface area contributed by atoms with Crippen molar-refractivity contribution in [2.45, 2.75) is 42.6 Å². The predicted molar refractivity (Wildman–Crippen MR) is 133 cm³/mol. The van der Waals surface area contributed by atoms with Gasteiger partial charge in [0.25, 0.3) is 0 Å². The summed E-state index contributed by atoms with van der Waals surface area (Å²) < 4.78 is 16.3. The van der Waals surface area contributed by atoms with Crippen molar-refractivity contribution in [2.24, 2.45) is 10.8 Å². The van der Waals surface area contributed by atoms with Gasteiger partial charge >= 0.3 is 12.2 Å². The minimum Gasteiger partial charge on any atom is -0.445 e. The van der Waals surface area contributed by atoms with Gasteiger partial charge in [0.05, 0.1) is 12.6 Å². The Hall–Kier alpha value is -3.16. The van der Waals surface area contributed by atoms with Crippen LogP contribution in [0.15, 0.2) is 42.0 Å². The summed E-state index contributed by atoms with van der Waals surface area (Å²) >= 11 is 7.04. The van der Waals surface area contributed by atoms with E-state index < -0.39 is 47.9 Å². The number of halogens is 1. The van der Waals surface area contributed by atoms with Crippen LogP contribution >= 0.6 is 23.4 Å². The van der Waals surface area contributed by atoms with Gasteiger partial charge in [-0.3, -0.25) is 10.1 Å². The second-order valence-corrected chi connectivity index (χ2v) is 9.09. The highest BCUT2D eigenvalue weighted by molar-refractivity contribution is 7.99. The highest BCUT2D eigenvalue weighted by Crippen LogP contribution is 2.31. The lowest BCUT2D eigenvalue weighted by atomic mass is 9.97. The van der Waals surface area contributed by atoms with E-state index in [2.05, 4.69) is 27.2 Å². The summed E-state index contributed by atoms with van der Waals surface area (Å²) in [4.78, 5) is 38.5. The average molecular weight is 543 g/mol. The normalized spacial score (nSPS) is 23.0. The van der Waals surface area contributed by atoms with Gasteiger partial charge in [0.2, 0.25) is 5.91 Å². The minimum absolute atomic E-state index is 0.0745. The van der Waals surface area contributed by atoms with Crippen LogP contribution in [-0.2, 0) is 19.0 Å². The number of alkyl carbamates (subject to hydrolysis) is 1. The molecule has 196 valence electrons. The number of benzene rings is 1. The van der Waals surface area contributed by atoms with E-state index in [-0.39, 0.29) is 19.6 Å². The first-order valence-electron chi connectivity index (χ1n) is 10.8. The summed E-state index contributed by atoms with van der Waals surface area (Å²) in [6, 6.07) is 5.14. The monoisotopic (exact) mass is 542 g/mol. The fourth-order valence-corrected chi connectivity index (χ4v) is 4.51. The molecule has 0 spiro atoms. The molecule has 13 nitrogen and oxygen atoms in total. The SMILES string of the molecule is C=CCOC(=O)N[C@@H]1[C@@H](O)[C@@H](OC(=O)Nc2ccc(Cl)cc2)[C@@H](CN=[N+]=[N-])O[C@@H]1SCCCC(N)=O. The van der Waals surface area contributed by atoms with Crippen molar-refractivity contribution in [2.75, 3.05) is 24.2 Å². The van der Waals surface area contributed by atoms with Gasteiger partial charge in [0.15, 0.2) is 6.10 Å². The Kier molecular flexibility index (Phi) is 12.2. The molecule has 1 aromatic rings. The molecule has 1 aliphatic rings. The number of thioether (sulfide) groups is 1. The van der Waals surface area contributed by atoms with Crippen molar-refractivity contribution in [3.63, 3.8) is 0 Å². The van der Waals surface area contributed by atoms with Gasteiger partial charge in [-0.05, 0) is 42.0 Å². The number of anilines is 1. The third-order valence-electron chi connectivity index (χ3n) is 4.80. The van der Waals surface area contributed by atoms with Crippen LogP contribution in [-0.4, -0.2) is 71.9 Å². The lowest BCUT2D eigenvalue weighted by Crippen LogP contribution is -2.64. The first-order valence-corrected chi connectivity index (χ1v) is 12.2. The van der Waals surface area contributed by atoms with E-state index in [1.54, 1.807) is 24.3 Å². The topological polar surface area (TPSA) is 198 Å². The Balaban J connectivity index is 2.20. The van der Waals surface area contributed by atoms with Crippen LogP contribution < -0.4 is 16.4 Å². The maximum atomic E-state index is 12.5. The van der Waals surface area contributed by atoms with E-state index in [1.165, 1.54) is 17.8 Å². The lowest BCUT2D eigenvalue weighted by Gasteiger charge is -2.43. The summed E-state index contributed by atoms with van der Waals surface area (Å²) in [5.41, 5.74) is 13.5. The Bertz CT molecular complexity index is 963. The number of aliphatic hydroxyl groups excluding tert-OH is 1. The summed E-state index contributed by atoms with van der Waals surface area (Å²) in [6.07, 6.45) is -3.68. The Morgan fingerprint density at radius 3 is 2.69 bits per heavy atom. The number of primary amides is 1. The van der Waals surface area contributed by atoms with Gasteiger partial charge in [-0.25, -0.2) is 9.59 Å². The van der Waals surface area contributed by atoms with Gasteiger partial charge < -0.3 is 30.4 Å². The van der Waals surface area contributed by atoms with Crippen molar-refractivity contribution in [3.8, 4) is 0 Å². The van der Waals surface area contributed by atoms with Gasteiger partial charge in [0.1, 0.15) is 24.3 Å². The van der Waals surface area contributed by atoms with Crippen LogP contribution in [0.4, 0.5) is 15.3 Å². The second kappa shape index (κ2) is 15.1. The molecule has 0 radical (unpaired) electrons. The molecule has 0 bridgehead atoms. The number of rotatable bonds is 12. The molecule has 0 aliphatic carbocycles. The summed E-state index contributed by atoms with van der Waals surface area (Å²) in [7, 11) is 0. The number of carbonyl (C=O) groups excluding carboxylic acids is 3. The zero-order chi connectivity index (χ0) is 26.5. The number of amides is 3. The van der Waals surface area contributed by atoms with Gasteiger partial charge in [0, 0.05) is 22.0 Å². The highest BCUT2D eigenvalue weighted by Gasteiger charge is 2.48. The van der Waals surface area contributed by atoms with Gasteiger partial charge in [-0.15, -0.1) is 11.8 Å². The molecule has 15 heteroatoms. The fraction of sp³-hybridized carbons (Fsp3) is 0.476. The van der Waals surface area contributed by atoms with Gasteiger partial charge in [-0.2, -0.15) is 0 Å². The zero-order valence-electron chi connectivity index (χ0n) is 19.1. The number of hydrogen-bond acceptors (Lipinski definition) is 9. The predicted octanol–water partition coefficient (Wildman–Crippen LogP) is 2.93. The number of nitrogens with two attached hydrogens (primary N) is 1. The third-order valence-corrected chi connectivity index (χ3v) is 6.31. The van der Waals surface area contributed by atoms with E-state index in [9.17, 15) is 19.5 Å². The maximum absolute atomic E-state index is 12.5. The number of hydrogen-bond donors (Lipinski definition) is 4. The number of aliphatic hydroxyl groups is 1. The van der Waals surface area contributed by atoms with Crippen LogP contribution in [0.25, 0.3) is 10.4 Å². The summed E-state index contributed by atoms with van der Waals surface area (Å²) in [6.45, 7) is 3.12. The molecular formula is C21H27ClN6O7S. The molecular weight excluding hydrogens is 516 g/mol. The third kappa shape index (κ3) is 9.47. The van der Waals surface area contributed by atoms with Crippen LogP contribution in [0.1, 0.15) is 12.8 Å². The Morgan fingerprint density at radius 1 is 1.33 bits per heavy atom. The number of carbonyl (C=O) groups is 3. The van der Waals surface area contributed by atoms with Crippen molar-refractivity contribution in [1.29, 1.82) is 0 Å². The lowest BCUT2D eigenvalue weighted by molar-refractivity contribution is -0.154. The van der Waals surface area contributed by atoms with Crippen molar-refractivity contribution in [1.82, 2.24) is 5.32 Å². The van der Waals surface area contributed by atoms with Gasteiger partial charge in [-0.1, -0.05) is 29.4 Å². The fourth-order valence-electron chi connectivity index (χ4n) is 3.19. The van der Waals surface area contributed by atoms with Crippen molar-refractivity contribution < 1.29 is 33.7 Å². The maximum Gasteiger partial charge on any atom is 0.412 e. The van der Waals surface area contributed by atoms with Crippen LogP contribution in [0.5, 0.6) is 0 Å². The Morgan fingerprint density at radius 2 is 2.06 bits per heavy atom. The van der Waals surface area contributed by atoms with E-state index in [1.807, 2.05) is 0 Å². The molecule has 36 heavy (non-hydrogen) atoms. The minimum atomic E-state index is -1.47. The zero-order valence-corrected chi connectivity index (χ0v) is 20.7. The van der Waals surface area contributed by atoms with E-state index >= 15 is 0 Å². The molecule has 1 aromatic carbocycles. The standard InChI is InChI=1S/C21H27ClN6O7S/c1-2-9-33-20(31)27-16-17(30)18(35-21(32)26-13-7-5-12(22)6-8-13)14(11-25-28-24)34-19(16)36-10-3-4-15(23)29/h2,5-8,14,16-19,30H,1,3-4,9-11H2,(H2,23,29)(H,26,32)(H,27,31)/t14-,16-,17-,18+,19-/m1/s1. The molecule has 1 heterocycles. The van der Waals surface area contributed by atoms with Crippen LogP contribution in [0, 0.1) is 0 Å². The van der Waals surface area contributed by atoms with Crippen LogP contribution in [0.2, 0.25) is 5.02 Å². The van der Waals surface area contributed by atoms with E-state index in [0.717, 1.165) is 0 Å². The molecule has 3 amide bonds. The summed E-state index contributed by atoms with van der Waals surface area (Å²) in [5, 5.41) is 20.1. The number of azide groups is 1. The van der Waals surface area contributed by atoms with Crippen LogP contribution in [0.3, 0.4) is 0 Å². The average Bonchev–Trinajstić information content (AvgIpc) is 2.84. The van der Waals surface area contributed by atoms with Crippen molar-refractivity contribution in [3.05, 3.63) is 52.4 Å². The molecule has 0 saturated carbocycles. The van der Waals surface area contributed by atoms with E-state index in [0.29, 0.717) is 22.9 Å². The summed E-state index contributed by atoms with van der Waals surface area (Å²) in [5.74, 6) is -0.0684. The molecule has 5 N–H and O–H groups in total. The molecule has 0 aromatic heterocycles. The van der Waals surface area contributed by atoms with Crippen molar-refractivity contribution >= 4 is 47.1 Å². The highest BCUT2D eigenvalue weighted by atomic mass is 35.5. The molecule has 5 atom stereocenters. The number of nitrogens with zero attached hydrogens (tertiary/aromatic N) is 3. The molecule has 2 rings (SSSR count). The molecule has 1 saturated heterocycles. The number of nitrogens with one attached hydrogen (secondary N) is 2. The quantitative estimate of drug-likeness (QED) is 0.101. The molecule has 1 fully saturated rings. The molecule has 1 aliphatic heterocycles.